The van der Waals surface area contributed by atoms with Gasteiger partial charge in [0.25, 0.3) is 5.91 Å². The summed E-state index contributed by atoms with van der Waals surface area (Å²) in [5.74, 6) is 0.948. The van der Waals surface area contributed by atoms with E-state index in [1.807, 2.05) is 44.2 Å². The number of benzene rings is 1. The van der Waals surface area contributed by atoms with Crippen LogP contribution in [0.5, 0.6) is 0 Å². The summed E-state index contributed by atoms with van der Waals surface area (Å²) in [6.45, 7) is 3.73. The van der Waals surface area contributed by atoms with E-state index in [4.69, 9.17) is 0 Å². The van der Waals surface area contributed by atoms with Gasteiger partial charge in [0.15, 0.2) is 0 Å². The lowest BCUT2D eigenvalue weighted by atomic mass is 9.93. The molecule has 2 rings (SSSR count). The second kappa shape index (κ2) is 11.7. The quantitative estimate of drug-likeness (QED) is 0.829. The van der Waals surface area contributed by atoms with Crippen LogP contribution in [0.2, 0.25) is 0 Å². The van der Waals surface area contributed by atoms with Crippen LogP contribution in [0.15, 0.2) is 24.3 Å². The predicted molar refractivity (Wildman–Crippen MR) is 106 cm³/mol. The van der Waals surface area contributed by atoms with Crippen molar-refractivity contribution in [2.45, 2.75) is 25.8 Å². The minimum absolute atomic E-state index is 0. The third-order valence-electron chi connectivity index (χ3n) is 4.38. The largest absolute Gasteiger partial charge is 0.339 e. The first-order valence-corrected chi connectivity index (χ1v) is 8.27. The fourth-order valence-corrected chi connectivity index (χ4v) is 3.12. The molecule has 0 radical (unpaired) electrons. The highest BCUT2D eigenvalue weighted by Gasteiger charge is 2.23. The number of likely N-dealkylation sites (tertiary alicyclic amines) is 1. The van der Waals surface area contributed by atoms with Crippen molar-refractivity contribution in [3.63, 3.8) is 0 Å². The molecule has 1 aliphatic heterocycles. The summed E-state index contributed by atoms with van der Waals surface area (Å²) in [7, 11) is 6.09. The average molecular weight is 376 g/mol. The van der Waals surface area contributed by atoms with Crippen LogP contribution in [0.1, 0.15) is 35.2 Å². The topological polar surface area (TPSA) is 35.6 Å². The van der Waals surface area contributed by atoms with Crippen molar-refractivity contribution >= 4 is 30.7 Å². The zero-order valence-corrected chi connectivity index (χ0v) is 16.6. The molecule has 1 N–H and O–H groups in total. The third-order valence-corrected chi connectivity index (χ3v) is 4.38. The molecule has 0 aromatic heterocycles. The van der Waals surface area contributed by atoms with Crippen molar-refractivity contribution in [3.8, 4) is 0 Å². The lowest BCUT2D eigenvalue weighted by Crippen LogP contribution is -2.39. The molecule has 1 aromatic rings. The number of rotatable bonds is 6. The van der Waals surface area contributed by atoms with Gasteiger partial charge >= 0.3 is 0 Å². The molecule has 1 aromatic carbocycles. The minimum Gasteiger partial charge on any atom is -0.339 e. The van der Waals surface area contributed by atoms with E-state index >= 15 is 0 Å². The molecule has 0 saturated carbocycles. The van der Waals surface area contributed by atoms with Gasteiger partial charge in [-0.15, -0.1) is 24.8 Å². The van der Waals surface area contributed by atoms with E-state index in [-0.39, 0.29) is 30.7 Å². The number of halogens is 2. The summed E-state index contributed by atoms with van der Waals surface area (Å²) < 4.78 is 0. The molecule has 1 saturated heterocycles. The maximum absolute atomic E-state index is 12.7. The second-order valence-corrected chi connectivity index (χ2v) is 6.57. The van der Waals surface area contributed by atoms with Crippen LogP contribution in [0.25, 0.3) is 0 Å². The van der Waals surface area contributed by atoms with Crippen molar-refractivity contribution in [1.82, 2.24) is 15.1 Å². The third kappa shape index (κ3) is 6.98. The van der Waals surface area contributed by atoms with Crippen molar-refractivity contribution in [3.05, 3.63) is 35.4 Å². The van der Waals surface area contributed by atoms with E-state index in [0.29, 0.717) is 0 Å². The molecule has 0 atom stereocenters. The molecule has 0 aliphatic carbocycles. The van der Waals surface area contributed by atoms with Crippen molar-refractivity contribution in [2.24, 2.45) is 5.92 Å². The Hall–Kier alpha value is -0.810. The highest BCUT2D eigenvalue weighted by atomic mass is 35.5. The summed E-state index contributed by atoms with van der Waals surface area (Å²) in [6.07, 6.45) is 3.48. The Morgan fingerprint density at radius 3 is 2.50 bits per heavy atom. The van der Waals surface area contributed by atoms with Gasteiger partial charge < -0.3 is 15.1 Å². The Labute approximate surface area is 158 Å². The van der Waals surface area contributed by atoms with E-state index in [1.165, 1.54) is 12.0 Å². The van der Waals surface area contributed by atoms with Gasteiger partial charge in [0.2, 0.25) is 0 Å². The first kappa shape index (κ1) is 23.2. The Kier molecular flexibility index (Phi) is 11.3. The molecule has 0 unspecified atom stereocenters. The fraction of sp³-hybridized carbons (Fsp3) is 0.611. The predicted octanol–water partition coefficient (Wildman–Crippen LogP) is 3.05. The van der Waals surface area contributed by atoms with Gasteiger partial charge in [-0.2, -0.15) is 0 Å². The van der Waals surface area contributed by atoms with E-state index in [2.05, 4.69) is 16.3 Å². The Balaban J connectivity index is 0.00000264. The maximum Gasteiger partial charge on any atom is 0.253 e. The normalized spacial score (nSPS) is 14.9. The van der Waals surface area contributed by atoms with Gasteiger partial charge in [-0.1, -0.05) is 12.1 Å². The maximum atomic E-state index is 12.7. The zero-order valence-electron chi connectivity index (χ0n) is 15.0. The van der Waals surface area contributed by atoms with E-state index < -0.39 is 0 Å². The lowest BCUT2D eigenvalue weighted by Gasteiger charge is -2.32. The number of hydrogen-bond donors (Lipinski definition) is 1. The van der Waals surface area contributed by atoms with Crippen LogP contribution in [-0.4, -0.2) is 56.5 Å². The Morgan fingerprint density at radius 1 is 1.25 bits per heavy atom. The van der Waals surface area contributed by atoms with E-state index in [1.54, 1.807) is 0 Å². The highest BCUT2D eigenvalue weighted by molar-refractivity contribution is 5.94. The monoisotopic (exact) mass is 375 g/mol. The standard InChI is InChI=1S/C18H29N3O.2ClH/c1-19-10-7-15-8-11-21(12-9-15)18(22)17-6-4-5-16(13-17)14-20(2)3;;/h4-6,13,15,19H,7-12,14H2,1-3H3;2*1H. The molecule has 138 valence electrons. The molecule has 24 heavy (non-hydrogen) atoms. The van der Waals surface area contributed by atoms with Crippen molar-refractivity contribution < 1.29 is 4.79 Å². The fourth-order valence-electron chi connectivity index (χ4n) is 3.12. The van der Waals surface area contributed by atoms with E-state index in [9.17, 15) is 4.79 Å². The molecule has 1 fully saturated rings. The number of piperidine rings is 1. The summed E-state index contributed by atoms with van der Waals surface area (Å²) in [5.41, 5.74) is 2.02. The van der Waals surface area contributed by atoms with Gasteiger partial charge in [-0.3, -0.25) is 4.79 Å². The van der Waals surface area contributed by atoms with Crippen LogP contribution in [0, 0.1) is 5.92 Å². The van der Waals surface area contributed by atoms with E-state index in [0.717, 1.165) is 50.5 Å². The number of carbonyl (C=O) groups is 1. The summed E-state index contributed by atoms with van der Waals surface area (Å²) >= 11 is 0. The number of amides is 1. The molecule has 1 heterocycles. The SMILES string of the molecule is CNCCC1CCN(C(=O)c2cccc(CN(C)C)c2)CC1.Cl.Cl. The Bertz CT molecular complexity index is 489. The second-order valence-electron chi connectivity index (χ2n) is 6.57. The molecule has 1 amide bonds. The lowest BCUT2D eigenvalue weighted by molar-refractivity contribution is 0.0687. The smallest absolute Gasteiger partial charge is 0.253 e. The molecule has 6 heteroatoms. The summed E-state index contributed by atoms with van der Waals surface area (Å²) in [4.78, 5) is 16.8. The number of nitrogens with one attached hydrogen (secondary N) is 1. The van der Waals surface area contributed by atoms with Crippen LogP contribution < -0.4 is 5.32 Å². The summed E-state index contributed by atoms with van der Waals surface area (Å²) in [5, 5.41) is 3.21. The van der Waals surface area contributed by atoms with Gasteiger partial charge in [0, 0.05) is 25.2 Å². The highest BCUT2D eigenvalue weighted by Crippen LogP contribution is 2.21. The van der Waals surface area contributed by atoms with Gasteiger partial charge in [0.05, 0.1) is 0 Å². The van der Waals surface area contributed by atoms with Gasteiger partial charge in [-0.05, 0) is 70.6 Å². The molecular formula is C18H31Cl2N3O. The van der Waals surface area contributed by atoms with Crippen LogP contribution in [0.3, 0.4) is 0 Å². The number of hydrogen-bond acceptors (Lipinski definition) is 3. The van der Waals surface area contributed by atoms with Crippen molar-refractivity contribution in [2.75, 3.05) is 40.8 Å². The molecule has 0 spiro atoms. The minimum atomic E-state index is 0. The average Bonchev–Trinajstić information content (AvgIpc) is 2.52. The van der Waals surface area contributed by atoms with Gasteiger partial charge in [0.1, 0.15) is 0 Å². The van der Waals surface area contributed by atoms with Crippen LogP contribution >= 0.6 is 24.8 Å². The van der Waals surface area contributed by atoms with Crippen LogP contribution in [-0.2, 0) is 6.54 Å². The number of nitrogens with zero attached hydrogens (tertiary/aromatic N) is 2. The number of carbonyl (C=O) groups excluding carboxylic acids is 1. The molecule has 0 bridgehead atoms. The van der Waals surface area contributed by atoms with Crippen LogP contribution in [0.4, 0.5) is 0 Å². The van der Waals surface area contributed by atoms with Crippen molar-refractivity contribution in [1.29, 1.82) is 0 Å². The first-order chi connectivity index (χ1) is 10.6. The molecule has 4 nitrogen and oxygen atoms in total. The summed E-state index contributed by atoms with van der Waals surface area (Å²) in [6, 6.07) is 8.05. The first-order valence-electron chi connectivity index (χ1n) is 8.27. The van der Waals surface area contributed by atoms with Gasteiger partial charge in [-0.25, -0.2) is 0 Å². The Morgan fingerprint density at radius 2 is 1.92 bits per heavy atom. The zero-order chi connectivity index (χ0) is 15.9. The molecule has 1 aliphatic rings. The molecular weight excluding hydrogens is 345 g/mol.